The zero-order chi connectivity index (χ0) is 17.7. The predicted molar refractivity (Wildman–Crippen MR) is 111 cm³/mol. The molecule has 3 rings (SSSR count). The molecule has 0 saturated heterocycles. The van der Waals surface area contributed by atoms with Gasteiger partial charge in [-0.1, -0.05) is 95.3 Å². The molecule has 0 spiro atoms. The molecular weight excluding hydrogens is 340 g/mol. The maximum Gasteiger partial charge on any atom is 0.116 e. The van der Waals surface area contributed by atoms with E-state index in [1.165, 1.54) is 15.9 Å². The van der Waals surface area contributed by atoms with Crippen molar-refractivity contribution in [3.8, 4) is 0 Å². The number of rotatable bonds is 6. The van der Waals surface area contributed by atoms with Crippen molar-refractivity contribution in [2.75, 3.05) is 5.75 Å². The Morgan fingerprint density at radius 3 is 1.72 bits per heavy atom. The third-order valence-corrected chi connectivity index (χ3v) is 11.1. The molecule has 0 aromatic heterocycles. The van der Waals surface area contributed by atoms with Gasteiger partial charge < -0.3 is 0 Å². The van der Waals surface area contributed by atoms with Crippen LogP contribution in [-0.2, 0) is 10.8 Å². The van der Waals surface area contributed by atoms with E-state index in [0.717, 1.165) is 10.9 Å². The predicted octanol–water partition coefficient (Wildman–Crippen LogP) is 4.00. The molecule has 1 atom stereocenters. The minimum atomic E-state index is -1.90. The first-order chi connectivity index (χ1) is 12.1. The summed E-state index contributed by atoms with van der Waals surface area (Å²) in [4.78, 5) is 0.933. The average Bonchev–Trinajstić information content (AvgIpc) is 2.68. The van der Waals surface area contributed by atoms with Crippen LogP contribution in [0.2, 0.25) is 12.6 Å². The van der Waals surface area contributed by atoms with Crippen molar-refractivity contribution in [2.45, 2.75) is 24.4 Å². The SMILES string of the molecule is Cc1ccc(S(=O)CC[Si](C)(c2ccccc2)c2ccccc2)cc1. The zero-order valence-corrected chi connectivity index (χ0v) is 16.6. The standard InChI is InChI=1S/C22H24OSSi/c1-19-13-15-20(16-14-19)24(23)17-18-25(2,21-9-5-3-6-10-21)22-11-7-4-8-12-22/h3-16H,17-18H2,1-2H3. The van der Waals surface area contributed by atoms with Crippen molar-refractivity contribution in [1.82, 2.24) is 0 Å². The van der Waals surface area contributed by atoms with Crippen LogP contribution in [0.4, 0.5) is 0 Å². The van der Waals surface area contributed by atoms with E-state index in [2.05, 4.69) is 74.1 Å². The second-order valence-electron chi connectivity index (χ2n) is 6.68. The summed E-state index contributed by atoms with van der Waals surface area (Å²) in [5.41, 5.74) is 1.20. The van der Waals surface area contributed by atoms with Crippen LogP contribution in [0.1, 0.15) is 5.56 Å². The van der Waals surface area contributed by atoms with E-state index in [9.17, 15) is 4.21 Å². The van der Waals surface area contributed by atoms with Crippen LogP contribution in [0, 0.1) is 6.92 Å². The lowest BCUT2D eigenvalue weighted by Crippen LogP contribution is -2.56. The van der Waals surface area contributed by atoms with E-state index >= 15 is 0 Å². The van der Waals surface area contributed by atoms with Gasteiger partial charge >= 0.3 is 0 Å². The fraction of sp³-hybridized carbons (Fsp3) is 0.182. The average molecular weight is 365 g/mol. The van der Waals surface area contributed by atoms with Crippen molar-refractivity contribution in [2.24, 2.45) is 0 Å². The van der Waals surface area contributed by atoms with Crippen molar-refractivity contribution in [3.05, 3.63) is 90.5 Å². The van der Waals surface area contributed by atoms with Crippen LogP contribution in [0.5, 0.6) is 0 Å². The Bertz CT molecular complexity index is 789. The van der Waals surface area contributed by atoms with Gasteiger partial charge in [0.05, 0.1) is 10.8 Å². The van der Waals surface area contributed by atoms with E-state index < -0.39 is 18.9 Å². The molecule has 0 aliphatic heterocycles. The lowest BCUT2D eigenvalue weighted by molar-refractivity contribution is 0.683. The molecule has 25 heavy (non-hydrogen) atoms. The summed E-state index contributed by atoms with van der Waals surface area (Å²) in [5, 5.41) is 2.81. The fourth-order valence-corrected chi connectivity index (χ4v) is 8.99. The van der Waals surface area contributed by atoms with Crippen molar-refractivity contribution < 1.29 is 4.21 Å². The molecular formula is C22H24OSSi. The molecule has 0 aliphatic carbocycles. The topological polar surface area (TPSA) is 17.1 Å². The van der Waals surface area contributed by atoms with Crippen LogP contribution in [0.15, 0.2) is 89.8 Å². The van der Waals surface area contributed by atoms with Crippen LogP contribution >= 0.6 is 0 Å². The minimum Gasteiger partial charge on any atom is -0.254 e. The van der Waals surface area contributed by atoms with Crippen LogP contribution in [0.3, 0.4) is 0 Å². The number of hydrogen-bond donors (Lipinski definition) is 0. The highest BCUT2D eigenvalue weighted by molar-refractivity contribution is 7.85. The molecule has 0 aliphatic rings. The normalized spacial score (nSPS) is 12.7. The van der Waals surface area contributed by atoms with Crippen molar-refractivity contribution in [1.29, 1.82) is 0 Å². The van der Waals surface area contributed by atoms with Crippen LogP contribution < -0.4 is 10.4 Å². The van der Waals surface area contributed by atoms with E-state index in [-0.39, 0.29) is 0 Å². The molecule has 0 radical (unpaired) electrons. The molecule has 1 unspecified atom stereocenters. The molecule has 3 aromatic carbocycles. The van der Waals surface area contributed by atoms with Crippen molar-refractivity contribution in [3.63, 3.8) is 0 Å². The maximum absolute atomic E-state index is 12.8. The van der Waals surface area contributed by atoms with Gasteiger partial charge in [0.2, 0.25) is 0 Å². The monoisotopic (exact) mass is 364 g/mol. The zero-order valence-electron chi connectivity index (χ0n) is 14.8. The highest BCUT2D eigenvalue weighted by Gasteiger charge is 2.31. The summed E-state index contributed by atoms with van der Waals surface area (Å²) in [6, 6.07) is 30.5. The van der Waals surface area contributed by atoms with Gasteiger partial charge in [0.1, 0.15) is 8.07 Å². The highest BCUT2D eigenvalue weighted by Crippen LogP contribution is 2.16. The van der Waals surface area contributed by atoms with E-state index in [0.29, 0.717) is 5.75 Å². The summed E-state index contributed by atoms with van der Waals surface area (Å²) >= 11 is 0. The largest absolute Gasteiger partial charge is 0.254 e. The summed E-state index contributed by atoms with van der Waals surface area (Å²) in [6.45, 7) is 4.45. The third-order valence-electron chi connectivity index (χ3n) is 4.89. The van der Waals surface area contributed by atoms with Gasteiger partial charge in [-0.15, -0.1) is 0 Å². The second kappa shape index (κ2) is 7.94. The first-order valence-corrected chi connectivity index (χ1v) is 12.7. The molecule has 0 heterocycles. The van der Waals surface area contributed by atoms with Crippen LogP contribution in [0.25, 0.3) is 0 Å². The first kappa shape index (κ1) is 17.8. The third kappa shape index (κ3) is 4.17. The van der Waals surface area contributed by atoms with Gasteiger partial charge in [0.25, 0.3) is 0 Å². The lowest BCUT2D eigenvalue weighted by Gasteiger charge is -2.28. The van der Waals surface area contributed by atoms with Gasteiger partial charge in [-0.2, -0.15) is 0 Å². The molecule has 0 saturated carbocycles. The molecule has 3 aromatic rings. The Balaban J connectivity index is 1.86. The summed E-state index contributed by atoms with van der Waals surface area (Å²) in [7, 11) is -2.85. The van der Waals surface area contributed by atoms with Crippen molar-refractivity contribution >= 4 is 29.2 Å². The van der Waals surface area contributed by atoms with Gasteiger partial charge in [-0.05, 0) is 25.1 Å². The molecule has 128 valence electrons. The molecule has 0 N–H and O–H groups in total. The highest BCUT2D eigenvalue weighted by atomic mass is 32.2. The Morgan fingerprint density at radius 1 is 0.760 bits per heavy atom. The fourth-order valence-electron chi connectivity index (χ4n) is 3.17. The molecule has 0 bridgehead atoms. The first-order valence-electron chi connectivity index (χ1n) is 8.66. The van der Waals surface area contributed by atoms with Gasteiger partial charge in [0, 0.05) is 10.6 Å². The molecule has 3 heteroatoms. The van der Waals surface area contributed by atoms with E-state index in [1.807, 2.05) is 24.3 Å². The Labute approximate surface area is 154 Å². The summed E-state index contributed by atoms with van der Waals surface area (Å²) in [5.74, 6) is 0.704. The Morgan fingerprint density at radius 2 is 1.24 bits per heavy atom. The van der Waals surface area contributed by atoms with E-state index in [4.69, 9.17) is 0 Å². The van der Waals surface area contributed by atoms with Gasteiger partial charge in [0.15, 0.2) is 0 Å². The quantitative estimate of drug-likeness (QED) is 0.604. The molecule has 1 nitrogen and oxygen atoms in total. The lowest BCUT2D eigenvalue weighted by atomic mass is 10.2. The summed E-state index contributed by atoms with van der Waals surface area (Å²) < 4.78 is 12.8. The number of benzene rings is 3. The summed E-state index contributed by atoms with van der Waals surface area (Å²) in [6.07, 6.45) is 0. The number of hydrogen-bond acceptors (Lipinski definition) is 1. The van der Waals surface area contributed by atoms with Crippen LogP contribution in [-0.4, -0.2) is 18.0 Å². The molecule has 0 fully saturated rings. The number of aryl methyl sites for hydroxylation is 1. The van der Waals surface area contributed by atoms with Gasteiger partial charge in [-0.3, -0.25) is 4.21 Å². The Kier molecular flexibility index (Phi) is 5.66. The second-order valence-corrected chi connectivity index (χ2v) is 12.6. The van der Waals surface area contributed by atoms with Gasteiger partial charge in [-0.25, -0.2) is 0 Å². The smallest absolute Gasteiger partial charge is 0.116 e. The minimum absolute atomic E-state index is 0.704. The Hall–Kier alpha value is -1.97. The molecule has 0 amide bonds. The van der Waals surface area contributed by atoms with E-state index in [1.54, 1.807) is 0 Å². The maximum atomic E-state index is 12.8.